The lowest BCUT2D eigenvalue weighted by molar-refractivity contribution is -0.392. The molecule has 0 radical (unpaired) electrons. The zero-order valence-electron chi connectivity index (χ0n) is 15.5. The SMILES string of the molecule is CCn1cc(S(=O)(=O)N2CCC(c3nncn3C(C)C)CC2)c([N+](=O)[O-])n1. The number of sulfonamides is 1. The first kappa shape index (κ1) is 19.4. The molecule has 0 unspecified atom stereocenters. The Balaban J connectivity index is 1.80. The van der Waals surface area contributed by atoms with Crippen LogP contribution in [0.3, 0.4) is 0 Å². The van der Waals surface area contributed by atoms with E-state index in [1.54, 1.807) is 13.3 Å². The van der Waals surface area contributed by atoms with Crippen LogP contribution in [0.15, 0.2) is 17.4 Å². The maximum absolute atomic E-state index is 12.9. The minimum atomic E-state index is -3.98. The van der Waals surface area contributed by atoms with Gasteiger partial charge in [0.1, 0.15) is 12.2 Å². The largest absolute Gasteiger partial charge is 0.410 e. The van der Waals surface area contributed by atoms with E-state index < -0.39 is 20.8 Å². The van der Waals surface area contributed by atoms with E-state index in [-0.39, 0.29) is 29.9 Å². The molecule has 27 heavy (non-hydrogen) atoms. The van der Waals surface area contributed by atoms with Gasteiger partial charge in [0.2, 0.25) is 4.90 Å². The van der Waals surface area contributed by atoms with Crippen molar-refractivity contribution >= 4 is 15.8 Å². The van der Waals surface area contributed by atoms with Gasteiger partial charge in [0.05, 0.1) is 17.8 Å². The maximum atomic E-state index is 12.9. The Kier molecular flexibility index (Phi) is 5.29. The summed E-state index contributed by atoms with van der Waals surface area (Å²) in [5.74, 6) is 0.333. The summed E-state index contributed by atoms with van der Waals surface area (Å²) in [5.41, 5.74) is 0. The van der Waals surface area contributed by atoms with Crippen molar-refractivity contribution in [1.29, 1.82) is 0 Å². The maximum Gasteiger partial charge on any atom is 0.410 e. The van der Waals surface area contributed by atoms with Crippen LogP contribution in [0.2, 0.25) is 0 Å². The summed E-state index contributed by atoms with van der Waals surface area (Å²) in [7, 11) is -3.98. The molecule has 1 saturated heterocycles. The van der Waals surface area contributed by atoms with Crippen molar-refractivity contribution in [3.63, 3.8) is 0 Å². The second-order valence-corrected chi connectivity index (χ2v) is 8.70. The van der Waals surface area contributed by atoms with E-state index in [0.717, 1.165) is 5.82 Å². The van der Waals surface area contributed by atoms with Gasteiger partial charge in [-0.25, -0.2) is 8.42 Å². The van der Waals surface area contributed by atoms with E-state index >= 15 is 0 Å². The van der Waals surface area contributed by atoms with Gasteiger partial charge in [-0.05, 0) is 38.5 Å². The number of hydrogen-bond donors (Lipinski definition) is 0. The standard InChI is InChI=1S/C15H23N7O4S/c1-4-19-9-13(15(18-19)22(23)24)27(25,26)20-7-5-12(6-8-20)14-17-16-10-21(14)11(2)3/h9-12H,4-8H2,1-3H3. The van der Waals surface area contributed by atoms with Gasteiger partial charge in [-0.3, -0.25) is 0 Å². The van der Waals surface area contributed by atoms with Gasteiger partial charge in [0.25, 0.3) is 10.0 Å². The van der Waals surface area contributed by atoms with Crippen LogP contribution in [0.1, 0.15) is 51.4 Å². The van der Waals surface area contributed by atoms with Crippen molar-refractivity contribution in [2.75, 3.05) is 13.1 Å². The minimum Gasteiger partial charge on any atom is -0.358 e. The Morgan fingerprint density at radius 3 is 2.56 bits per heavy atom. The molecule has 0 aliphatic carbocycles. The number of piperidine rings is 1. The average molecular weight is 397 g/mol. The zero-order valence-corrected chi connectivity index (χ0v) is 16.3. The van der Waals surface area contributed by atoms with Crippen LogP contribution in [0.4, 0.5) is 5.82 Å². The highest BCUT2D eigenvalue weighted by atomic mass is 32.2. The smallest absolute Gasteiger partial charge is 0.358 e. The van der Waals surface area contributed by atoms with Crippen molar-refractivity contribution in [2.24, 2.45) is 0 Å². The first-order valence-corrected chi connectivity index (χ1v) is 10.3. The summed E-state index contributed by atoms with van der Waals surface area (Å²) >= 11 is 0. The fourth-order valence-corrected chi connectivity index (χ4v) is 4.87. The Morgan fingerprint density at radius 2 is 2.00 bits per heavy atom. The highest BCUT2D eigenvalue weighted by Crippen LogP contribution is 2.32. The van der Waals surface area contributed by atoms with Crippen LogP contribution in [-0.2, 0) is 16.6 Å². The van der Waals surface area contributed by atoms with Crippen LogP contribution < -0.4 is 0 Å². The Bertz CT molecular complexity index is 926. The lowest BCUT2D eigenvalue weighted by Gasteiger charge is -2.30. The predicted molar refractivity (Wildman–Crippen MR) is 95.7 cm³/mol. The second kappa shape index (κ2) is 7.35. The molecule has 0 N–H and O–H groups in total. The third-order valence-corrected chi connectivity index (χ3v) is 6.69. The number of aryl methyl sites for hydroxylation is 1. The van der Waals surface area contributed by atoms with Crippen molar-refractivity contribution in [1.82, 2.24) is 28.9 Å². The predicted octanol–water partition coefficient (Wildman–Crippen LogP) is 1.55. The molecule has 1 aliphatic heterocycles. The number of aromatic nitrogens is 5. The highest BCUT2D eigenvalue weighted by Gasteiger charge is 2.38. The molecule has 0 atom stereocenters. The van der Waals surface area contributed by atoms with E-state index in [1.807, 2.05) is 18.4 Å². The molecule has 3 heterocycles. The molecule has 0 saturated carbocycles. The molecule has 0 bridgehead atoms. The Hall–Kier alpha value is -2.34. The molecule has 0 spiro atoms. The van der Waals surface area contributed by atoms with Crippen molar-refractivity contribution in [3.8, 4) is 0 Å². The van der Waals surface area contributed by atoms with E-state index in [1.165, 1.54) is 15.2 Å². The van der Waals surface area contributed by atoms with E-state index in [9.17, 15) is 18.5 Å². The summed E-state index contributed by atoms with van der Waals surface area (Å²) in [6.07, 6.45) is 4.08. The lowest BCUT2D eigenvalue weighted by Crippen LogP contribution is -2.38. The van der Waals surface area contributed by atoms with Gasteiger partial charge < -0.3 is 14.7 Å². The van der Waals surface area contributed by atoms with Crippen molar-refractivity contribution in [2.45, 2.75) is 57.0 Å². The normalized spacial score (nSPS) is 16.9. The van der Waals surface area contributed by atoms with Gasteiger partial charge >= 0.3 is 5.82 Å². The number of hydrogen-bond acceptors (Lipinski definition) is 7. The molecule has 1 aliphatic rings. The number of nitro groups is 1. The summed E-state index contributed by atoms with van der Waals surface area (Å²) < 4.78 is 30.4. The molecule has 0 aromatic carbocycles. The Labute approximate surface area is 157 Å². The summed E-state index contributed by atoms with van der Waals surface area (Å²) in [6.45, 7) is 6.71. The van der Waals surface area contributed by atoms with Crippen molar-refractivity contribution in [3.05, 3.63) is 28.5 Å². The van der Waals surface area contributed by atoms with Crippen LogP contribution in [0.25, 0.3) is 0 Å². The third kappa shape index (κ3) is 3.58. The topological polar surface area (TPSA) is 129 Å². The zero-order chi connectivity index (χ0) is 19.8. The summed E-state index contributed by atoms with van der Waals surface area (Å²) in [4.78, 5) is 10.1. The second-order valence-electron chi connectivity index (χ2n) is 6.80. The van der Waals surface area contributed by atoms with Gasteiger partial charge in [-0.15, -0.1) is 10.2 Å². The molecule has 2 aromatic rings. The Morgan fingerprint density at radius 1 is 1.33 bits per heavy atom. The molecule has 148 valence electrons. The molecule has 0 amide bonds. The summed E-state index contributed by atoms with van der Waals surface area (Å²) in [6, 6.07) is 0.222. The van der Waals surface area contributed by atoms with Crippen LogP contribution in [0, 0.1) is 10.1 Å². The fourth-order valence-electron chi connectivity index (χ4n) is 3.30. The molecular weight excluding hydrogens is 374 g/mol. The summed E-state index contributed by atoms with van der Waals surface area (Å²) in [5, 5.41) is 23.2. The first-order valence-electron chi connectivity index (χ1n) is 8.87. The van der Waals surface area contributed by atoms with E-state index in [4.69, 9.17) is 0 Å². The monoisotopic (exact) mass is 397 g/mol. The van der Waals surface area contributed by atoms with Crippen LogP contribution >= 0.6 is 0 Å². The quantitative estimate of drug-likeness (QED) is 0.534. The number of rotatable bonds is 6. The van der Waals surface area contributed by atoms with Gasteiger partial charge in [-0.1, -0.05) is 0 Å². The van der Waals surface area contributed by atoms with Crippen LogP contribution in [-0.4, -0.2) is 55.3 Å². The molecular formula is C15H23N7O4S. The van der Waals surface area contributed by atoms with Crippen LogP contribution in [0.5, 0.6) is 0 Å². The van der Waals surface area contributed by atoms with Gasteiger partial charge in [0, 0.05) is 25.0 Å². The number of nitrogens with zero attached hydrogens (tertiary/aromatic N) is 7. The van der Waals surface area contributed by atoms with E-state index in [0.29, 0.717) is 19.4 Å². The lowest BCUT2D eigenvalue weighted by atomic mass is 9.97. The molecule has 11 nitrogen and oxygen atoms in total. The van der Waals surface area contributed by atoms with Gasteiger partial charge in [0.15, 0.2) is 0 Å². The molecule has 3 rings (SSSR count). The minimum absolute atomic E-state index is 0.106. The molecule has 2 aromatic heterocycles. The van der Waals surface area contributed by atoms with Gasteiger partial charge in [-0.2, -0.15) is 8.99 Å². The first-order chi connectivity index (χ1) is 12.8. The van der Waals surface area contributed by atoms with Crippen molar-refractivity contribution < 1.29 is 13.3 Å². The third-order valence-electron chi connectivity index (χ3n) is 4.80. The molecule has 12 heteroatoms. The molecule has 1 fully saturated rings. The highest BCUT2D eigenvalue weighted by molar-refractivity contribution is 7.89. The average Bonchev–Trinajstić information content (AvgIpc) is 3.29. The van der Waals surface area contributed by atoms with E-state index in [2.05, 4.69) is 15.3 Å². The fraction of sp³-hybridized carbons (Fsp3) is 0.667.